The van der Waals surface area contributed by atoms with E-state index >= 15 is 0 Å². The van der Waals surface area contributed by atoms with Gasteiger partial charge in [0.05, 0.1) is 30.7 Å². The Kier molecular flexibility index (Phi) is 5.30. The molecule has 0 bridgehead atoms. The molecule has 8 heteroatoms. The van der Waals surface area contributed by atoms with Crippen molar-refractivity contribution in [3.8, 4) is 11.1 Å². The predicted octanol–water partition coefficient (Wildman–Crippen LogP) is 7.14. The molecule has 0 aliphatic heterocycles. The lowest BCUT2D eigenvalue weighted by Gasteiger charge is -2.13. The molecule has 0 aromatic heterocycles. The van der Waals surface area contributed by atoms with E-state index in [4.69, 9.17) is 69.6 Å². The van der Waals surface area contributed by atoms with E-state index in [-0.39, 0.29) is 36.2 Å². The van der Waals surface area contributed by atoms with Gasteiger partial charge in [0.15, 0.2) is 0 Å². The fourth-order valence-corrected chi connectivity index (χ4v) is 3.19. The lowest BCUT2D eigenvalue weighted by atomic mass is 10.0. The fourth-order valence-electron chi connectivity index (χ4n) is 1.69. The van der Waals surface area contributed by atoms with Crippen LogP contribution in [0.25, 0.3) is 11.1 Å². The number of halogens is 7. The van der Waals surface area contributed by atoms with Gasteiger partial charge in [-0.3, -0.25) is 4.79 Å². The summed E-state index contributed by atoms with van der Waals surface area (Å²) >= 11 is 35.4. The van der Waals surface area contributed by atoms with Gasteiger partial charge in [-0.1, -0.05) is 64.1 Å². The van der Waals surface area contributed by atoms with Crippen LogP contribution in [-0.4, -0.2) is 5.24 Å². The molecule has 0 fully saturated rings. The van der Waals surface area contributed by atoms with E-state index in [0.29, 0.717) is 5.56 Å². The van der Waals surface area contributed by atoms with Gasteiger partial charge in [-0.25, -0.2) is 4.39 Å². The third kappa shape index (κ3) is 3.12. The number of benzene rings is 2. The molecule has 0 saturated carbocycles. The summed E-state index contributed by atoms with van der Waals surface area (Å²) in [7, 11) is 0. The minimum atomic E-state index is -0.951. The number of carbonyl (C=O) groups is 1. The Morgan fingerprint density at radius 3 is 1.81 bits per heavy atom. The molecule has 110 valence electrons. The molecule has 1 nitrogen and oxygen atoms in total. The van der Waals surface area contributed by atoms with E-state index in [9.17, 15) is 9.18 Å². The Morgan fingerprint density at radius 2 is 1.33 bits per heavy atom. The largest absolute Gasteiger partial charge is 0.275 e. The van der Waals surface area contributed by atoms with E-state index in [1.807, 2.05) is 0 Å². The first-order valence-electron chi connectivity index (χ1n) is 5.27. The van der Waals surface area contributed by atoms with E-state index in [1.165, 1.54) is 12.1 Å². The lowest BCUT2D eigenvalue weighted by molar-refractivity contribution is 0.107. The Morgan fingerprint density at radius 1 is 0.857 bits per heavy atom. The van der Waals surface area contributed by atoms with Crippen molar-refractivity contribution >= 4 is 74.8 Å². The first kappa shape index (κ1) is 17.1. The first-order chi connectivity index (χ1) is 9.75. The second kappa shape index (κ2) is 6.49. The van der Waals surface area contributed by atoms with Crippen molar-refractivity contribution in [3.05, 3.63) is 54.7 Å². The van der Waals surface area contributed by atoms with Gasteiger partial charge < -0.3 is 0 Å². The summed E-state index contributed by atoms with van der Waals surface area (Å²) in [5.74, 6) is -0.767. The van der Waals surface area contributed by atoms with Gasteiger partial charge in [0, 0.05) is 5.56 Å². The zero-order valence-corrected chi connectivity index (χ0v) is 14.3. The number of hydrogen-bond acceptors (Lipinski definition) is 1. The van der Waals surface area contributed by atoms with E-state index in [2.05, 4.69) is 0 Å². The van der Waals surface area contributed by atoms with Crippen molar-refractivity contribution in [1.82, 2.24) is 0 Å². The van der Waals surface area contributed by atoms with Gasteiger partial charge in [0.1, 0.15) is 5.82 Å². The van der Waals surface area contributed by atoms with Crippen LogP contribution < -0.4 is 0 Å². The minimum absolute atomic E-state index is 0.00538. The van der Waals surface area contributed by atoms with E-state index in [1.54, 1.807) is 0 Å². The van der Waals surface area contributed by atoms with Crippen LogP contribution in [0.2, 0.25) is 25.1 Å². The summed E-state index contributed by atoms with van der Waals surface area (Å²) in [5, 5.41) is -0.858. The molecule has 0 aliphatic carbocycles. The zero-order chi connectivity index (χ0) is 15.9. The average molecular weight is 407 g/mol. The molecule has 0 spiro atoms. The zero-order valence-electron chi connectivity index (χ0n) is 9.79. The van der Waals surface area contributed by atoms with Crippen molar-refractivity contribution < 1.29 is 9.18 Å². The molecular formula is C13H3Cl6FO. The summed E-state index contributed by atoms with van der Waals surface area (Å²) in [4.78, 5) is 11.2. The molecule has 0 radical (unpaired) electrons. The Hall–Kier alpha value is -0.220. The van der Waals surface area contributed by atoms with Crippen LogP contribution in [0, 0.1) is 5.82 Å². The Labute approximate surface area is 149 Å². The van der Waals surface area contributed by atoms with Gasteiger partial charge >= 0.3 is 0 Å². The molecule has 0 aliphatic rings. The highest BCUT2D eigenvalue weighted by Crippen LogP contribution is 2.48. The third-order valence-electron chi connectivity index (χ3n) is 2.68. The quantitative estimate of drug-likeness (QED) is 0.294. The van der Waals surface area contributed by atoms with Crippen LogP contribution in [0.15, 0.2) is 18.2 Å². The molecule has 2 aromatic carbocycles. The molecule has 2 rings (SSSR count). The van der Waals surface area contributed by atoms with Crippen molar-refractivity contribution in [2.75, 3.05) is 0 Å². The van der Waals surface area contributed by atoms with Crippen molar-refractivity contribution in [1.29, 1.82) is 0 Å². The minimum Gasteiger partial charge on any atom is -0.275 e. The van der Waals surface area contributed by atoms with E-state index in [0.717, 1.165) is 6.07 Å². The summed E-state index contributed by atoms with van der Waals surface area (Å²) in [5.41, 5.74) is 0.247. The van der Waals surface area contributed by atoms with Crippen molar-refractivity contribution in [2.45, 2.75) is 0 Å². The molecule has 21 heavy (non-hydrogen) atoms. The molecule has 2 aromatic rings. The average Bonchev–Trinajstić information content (AvgIpc) is 2.44. The molecule has 0 saturated heterocycles. The van der Waals surface area contributed by atoms with Gasteiger partial charge in [0.25, 0.3) is 5.24 Å². The molecule has 0 atom stereocenters. The Balaban J connectivity index is 2.80. The lowest BCUT2D eigenvalue weighted by Crippen LogP contribution is -1.96. The third-order valence-corrected chi connectivity index (χ3v) is 5.16. The molecule has 0 amide bonds. The fraction of sp³-hybridized carbons (Fsp3) is 0. The van der Waals surface area contributed by atoms with Crippen LogP contribution in [0.3, 0.4) is 0 Å². The molecule has 0 N–H and O–H groups in total. The van der Waals surface area contributed by atoms with Gasteiger partial charge in [0.2, 0.25) is 0 Å². The molecule has 0 unspecified atom stereocenters. The van der Waals surface area contributed by atoms with Crippen LogP contribution in [0.4, 0.5) is 4.39 Å². The van der Waals surface area contributed by atoms with Crippen LogP contribution in [0.5, 0.6) is 0 Å². The van der Waals surface area contributed by atoms with E-state index < -0.39 is 11.1 Å². The topological polar surface area (TPSA) is 17.1 Å². The van der Waals surface area contributed by atoms with Gasteiger partial charge in [-0.2, -0.15) is 0 Å². The van der Waals surface area contributed by atoms with Gasteiger partial charge in [-0.05, 0) is 29.3 Å². The second-order valence-electron chi connectivity index (χ2n) is 3.91. The maximum Gasteiger partial charge on any atom is 0.255 e. The standard InChI is InChI=1S/C13H3Cl6FO/c14-8-7(9(15)11(17)12(18)10(8)16)4-1-2-6(20)5(3-4)13(19)21/h1-3H. The monoisotopic (exact) mass is 404 g/mol. The predicted molar refractivity (Wildman–Crippen MR) is 87.1 cm³/mol. The van der Waals surface area contributed by atoms with Crippen molar-refractivity contribution in [3.63, 3.8) is 0 Å². The normalized spacial score (nSPS) is 10.8. The first-order valence-corrected chi connectivity index (χ1v) is 7.53. The highest BCUT2D eigenvalue weighted by Gasteiger charge is 2.21. The second-order valence-corrected chi connectivity index (χ2v) is 6.15. The van der Waals surface area contributed by atoms with Crippen LogP contribution in [-0.2, 0) is 0 Å². The SMILES string of the molecule is O=C(Cl)c1cc(-c2c(Cl)c(Cl)c(Cl)c(Cl)c2Cl)ccc1F. The number of hydrogen-bond donors (Lipinski definition) is 0. The highest BCUT2D eigenvalue weighted by atomic mass is 35.5. The Bertz CT molecular complexity index is 730. The smallest absolute Gasteiger partial charge is 0.255 e. The maximum atomic E-state index is 13.5. The number of carbonyl (C=O) groups excluding carboxylic acids is 1. The molecular weight excluding hydrogens is 404 g/mol. The van der Waals surface area contributed by atoms with Crippen LogP contribution in [0.1, 0.15) is 10.4 Å². The summed E-state index contributed by atoms with van der Waals surface area (Å²) in [6.45, 7) is 0. The van der Waals surface area contributed by atoms with Crippen LogP contribution >= 0.6 is 69.6 Å². The van der Waals surface area contributed by atoms with Crippen molar-refractivity contribution in [2.24, 2.45) is 0 Å². The summed E-state index contributed by atoms with van der Waals surface area (Å²) in [6.07, 6.45) is 0. The summed E-state index contributed by atoms with van der Waals surface area (Å²) < 4.78 is 13.5. The molecule has 0 heterocycles. The summed E-state index contributed by atoms with van der Waals surface area (Å²) in [6, 6.07) is 3.64. The highest BCUT2D eigenvalue weighted by molar-refractivity contribution is 6.67. The van der Waals surface area contributed by atoms with Gasteiger partial charge in [-0.15, -0.1) is 0 Å². The maximum absolute atomic E-state index is 13.5. The number of rotatable bonds is 2.